The molecular weight excluding hydrogens is 540 g/mol. The molecule has 1 fully saturated rings. The number of thiocarbonyl (C=S) groups is 1. The average molecular weight is 559 g/mol. The molecule has 0 aliphatic carbocycles. The monoisotopic (exact) mass is 558 g/mol. The summed E-state index contributed by atoms with van der Waals surface area (Å²) in [5.41, 5.74) is -6.94. The van der Waals surface area contributed by atoms with E-state index >= 15 is 0 Å². The number of rotatable bonds is 6. The van der Waals surface area contributed by atoms with E-state index in [1.165, 1.54) is 42.5 Å². The molecule has 4 N–H and O–H groups in total. The fraction of sp³-hybridized carbons (Fsp3) is 0.208. The van der Waals surface area contributed by atoms with Gasteiger partial charge >= 0.3 is 6.18 Å². The lowest BCUT2D eigenvalue weighted by molar-refractivity contribution is -0.343. The van der Waals surface area contributed by atoms with E-state index in [1.54, 1.807) is 18.2 Å². The summed E-state index contributed by atoms with van der Waals surface area (Å²) in [6.45, 7) is 3.69. The fourth-order valence-corrected chi connectivity index (χ4v) is 4.63. The van der Waals surface area contributed by atoms with Crippen LogP contribution in [0.3, 0.4) is 0 Å². The lowest BCUT2D eigenvalue weighted by atomic mass is 9.75. The van der Waals surface area contributed by atoms with E-state index in [-0.39, 0.29) is 38.8 Å². The molecule has 3 aromatic rings. The predicted octanol–water partition coefficient (Wildman–Crippen LogP) is 5.48. The summed E-state index contributed by atoms with van der Waals surface area (Å²) < 4.78 is 54.9. The van der Waals surface area contributed by atoms with E-state index in [0.29, 0.717) is 11.3 Å². The van der Waals surface area contributed by atoms with Crippen molar-refractivity contribution in [3.63, 3.8) is 0 Å². The van der Waals surface area contributed by atoms with Crippen molar-refractivity contribution in [3.8, 4) is 17.1 Å². The highest BCUT2D eigenvalue weighted by molar-refractivity contribution is 7.80. The molecule has 1 aromatic heterocycles. The van der Waals surface area contributed by atoms with Gasteiger partial charge in [0.25, 0.3) is 0 Å². The molecule has 1 aliphatic rings. The molecule has 1 saturated heterocycles. The van der Waals surface area contributed by atoms with Gasteiger partial charge < -0.3 is 30.0 Å². The lowest BCUT2D eigenvalue weighted by Crippen LogP contribution is -2.77. The zero-order valence-electron chi connectivity index (χ0n) is 18.3. The quantitative estimate of drug-likeness (QED) is 0.235. The number of hydrogen-bond donors (Lipinski definition) is 4. The Bertz CT molecular complexity index is 1300. The first-order valence-corrected chi connectivity index (χ1v) is 11.6. The number of hydrogen-bond acceptors (Lipinski definition) is 5. The van der Waals surface area contributed by atoms with Crippen molar-refractivity contribution in [2.24, 2.45) is 0 Å². The Balaban J connectivity index is 1.81. The molecule has 0 saturated carbocycles. The molecule has 36 heavy (non-hydrogen) atoms. The first-order valence-electron chi connectivity index (χ1n) is 10.4. The molecule has 3 atom stereocenters. The summed E-state index contributed by atoms with van der Waals surface area (Å²) in [5.74, 6) is 0.0644. The number of alkyl halides is 3. The van der Waals surface area contributed by atoms with Crippen LogP contribution in [-0.4, -0.2) is 33.7 Å². The van der Waals surface area contributed by atoms with Crippen LogP contribution in [0.5, 0.6) is 5.75 Å². The highest BCUT2D eigenvalue weighted by Gasteiger charge is 2.74. The van der Waals surface area contributed by atoms with Gasteiger partial charge in [0.1, 0.15) is 29.9 Å². The van der Waals surface area contributed by atoms with Gasteiger partial charge in [-0.3, -0.25) is 0 Å². The molecule has 6 nitrogen and oxygen atoms in total. The number of aliphatic hydroxyl groups is 2. The second kappa shape index (κ2) is 9.60. The third kappa shape index (κ3) is 4.33. The summed E-state index contributed by atoms with van der Waals surface area (Å²) >= 11 is 17.4. The molecule has 190 valence electrons. The van der Waals surface area contributed by atoms with E-state index in [9.17, 15) is 23.4 Å². The maximum Gasteiger partial charge on any atom is 0.424 e. The van der Waals surface area contributed by atoms with Crippen LogP contribution in [0.15, 0.2) is 71.7 Å². The van der Waals surface area contributed by atoms with E-state index in [1.807, 2.05) is 0 Å². The Hall–Kier alpha value is -2.76. The highest BCUT2D eigenvalue weighted by Crippen LogP contribution is 2.52. The Morgan fingerprint density at radius 1 is 1.11 bits per heavy atom. The third-order valence-corrected chi connectivity index (χ3v) is 6.78. The van der Waals surface area contributed by atoms with Gasteiger partial charge in [-0.05, 0) is 48.6 Å². The van der Waals surface area contributed by atoms with Crippen molar-refractivity contribution >= 4 is 40.5 Å². The molecular formula is C24H19Cl2F3N2O4S. The minimum absolute atomic E-state index is 0.0977. The number of furan rings is 1. The molecule has 0 unspecified atom stereocenters. The second-order valence-corrected chi connectivity index (χ2v) is 9.13. The Kier molecular flexibility index (Phi) is 7.02. The van der Waals surface area contributed by atoms with E-state index in [4.69, 9.17) is 44.6 Å². The summed E-state index contributed by atoms with van der Waals surface area (Å²) in [6, 6.07) is 10.3. The topological polar surface area (TPSA) is 86.9 Å². The van der Waals surface area contributed by atoms with Crippen molar-refractivity contribution in [2.45, 2.75) is 23.5 Å². The third-order valence-electron chi connectivity index (χ3n) is 5.74. The van der Waals surface area contributed by atoms with Crippen LogP contribution < -0.4 is 15.4 Å². The van der Waals surface area contributed by atoms with Gasteiger partial charge in [0, 0.05) is 11.1 Å². The van der Waals surface area contributed by atoms with E-state index < -0.39 is 23.5 Å². The number of ether oxygens (including phenoxy) is 1. The summed E-state index contributed by atoms with van der Waals surface area (Å²) in [5, 5.41) is 27.3. The normalized spacial score (nSPS) is 24.1. The number of benzene rings is 2. The molecule has 0 radical (unpaired) electrons. The van der Waals surface area contributed by atoms with Crippen LogP contribution in [-0.2, 0) is 5.72 Å². The smallest absolute Gasteiger partial charge is 0.424 e. The molecule has 4 rings (SSSR count). The van der Waals surface area contributed by atoms with Crippen molar-refractivity contribution in [1.29, 1.82) is 0 Å². The average Bonchev–Trinajstić information content (AvgIpc) is 3.31. The molecule has 2 heterocycles. The van der Waals surface area contributed by atoms with Gasteiger partial charge in [0.2, 0.25) is 11.3 Å². The zero-order chi connectivity index (χ0) is 26.3. The first kappa shape index (κ1) is 26.3. The maximum absolute atomic E-state index is 14.6. The summed E-state index contributed by atoms with van der Waals surface area (Å²) in [6.07, 6.45) is -3.88. The van der Waals surface area contributed by atoms with Crippen LogP contribution in [0.25, 0.3) is 11.3 Å². The number of halogens is 5. The zero-order valence-corrected chi connectivity index (χ0v) is 20.6. The van der Waals surface area contributed by atoms with E-state index in [2.05, 4.69) is 17.2 Å². The van der Waals surface area contributed by atoms with Gasteiger partial charge in [-0.1, -0.05) is 54.1 Å². The highest BCUT2D eigenvalue weighted by atomic mass is 35.5. The summed E-state index contributed by atoms with van der Waals surface area (Å²) in [7, 11) is 0. The SMILES string of the molecule is C=CCOc1ccc([C@]2(O)NC(=S)N[C@H](c3ccc(-c4cccc(Cl)c4Cl)o3)[C@@]2(O)C(F)(F)F)cc1. The van der Waals surface area contributed by atoms with Crippen LogP contribution in [0.2, 0.25) is 10.0 Å². The Morgan fingerprint density at radius 2 is 1.81 bits per heavy atom. The van der Waals surface area contributed by atoms with Gasteiger partial charge in [-0.25, -0.2) is 0 Å². The molecule has 0 spiro atoms. The minimum Gasteiger partial charge on any atom is -0.490 e. The number of nitrogens with one attached hydrogen (secondary N) is 2. The summed E-state index contributed by atoms with van der Waals surface area (Å²) in [4.78, 5) is 0. The standard InChI is InChI=1S/C24H19Cl2F3N2O4S/c1-2-12-34-14-8-6-13(7-9-14)23(33)22(32,24(27,28)29)20(30-21(36)31-23)18-11-10-17(35-18)15-4-3-5-16(25)19(15)26/h2-11,20,32-33H,1,12H2,(H2,30,31,36)/t20-,22+,23-/m1/s1. The van der Waals surface area contributed by atoms with Gasteiger partial charge in [-0.15, -0.1) is 0 Å². The van der Waals surface area contributed by atoms with Crippen LogP contribution >= 0.6 is 35.4 Å². The van der Waals surface area contributed by atoms with Crippen molar-refractivity contribution in [3.05, 3.63) is 88.6 Å². The largest absolute Gasteiger partial charge is 0.490 e. The van der Waals surface area contributed by atoms with Gasteiger partial charge in [-0.2, -0.15) is 13.2 Å². The second-order valence-electron chi connectivity index (χ2n) is 7.93. The molecule has 2 aromatic carbocycles. The van der Waals surface area contributed by atoms with Gasteiger partial charge in [0.05, 0.1) is 10.0 Å². The maximum atomic E-state index is 14.6. The molecule has 0 amide bonds. The Labute approximate surface area is 219 Å². The van der Waals surface area contributed by atoms with Crippen LogP contribution in [0.1, 0.15) is 17.4 Å². The lowest BCUT2D eigenvalue weighted by Gasteiger charge is -2.52. The van der Waals surface area contributed by atoms with Crippen LogP contribution in [0.4, 0.5) is 13.2 Å². The molecule has 1 aliphatic heterocycles. The van der Waals surface area contributed by atoms with Crippen molar-refractivity contribution < 1.29 is 32.5 Å². The minimum atomic E-state index is -5.37. The Morgan fingerprint density at radius 3 is 2.44 bits per heavy atom. The van der Waals surface area contributed by atoms with Crippen molar-refractivity contribution in [2.75, 3.05) is 6.61 Å². The molecule has 0 bridgehead atoms. The van der Waals surface area contributed by atoms with Crippen LogP contribution in [0, 0.1) is 0 Å². The predicted molar refractivity (Wildman–Crippen MR) is 133 cm³/mol. The molecule has 12 heteroatoms. The first-order chi connectivity index (χ1) is 16.9. The van der Waals surface area contributed by atoms with E-state index in [0.717, 1.165) is 0 Å². The fourth-order valence-electron chi connectivity index (χ4n) is 3.97. The van der Waals surface area contributed by atoms with Crippen molar-refractivity contribution in [1.82, 2.24) is 10.6 Å². The van der Waals surface area contributed by atoms with Gasteiger partial charge in [0.15, 0.2) is 5.11 Å².